The van der Waals surface area contributed by atoms with Crippen LogP contribution in [0, 0.1) is 39.9 Å². The summed E-state index contributed by atoms with van der Waals surface area (Å²) in [5, 5.41) is 21.0. The van der Waals surface area contributed by atoms with Crippen LogP contribution in [-0.2, 0) is 19.1 Å². The van der Waals surface area contributed by atoms with E-state index in [9.17, 15) is 24.8 Å². The molecule has 252 valence electrons. The SMILES string of the molecule is CSc1ccc(Sc2ccc(C(=O)OC3(C(=O)OCC#N)[C@H](C)C[C@H]4[C@@H]5C[C@H](F)C6=CC(=O)C=C[C@]6(C)C5(F)[C@@H](O)C[C@@]43C)cc2)cc1. The highest BCUT2D eigenvalue weighted by atomic mass is 32.2. The number of carbonyl (C=O) groups excluding carboxylic acids is 3. The molecule has 4 aliphatic rings. The summed E-state index contributed by atoms with van der Waals surface area (Å²) in [6.45, 7) is 4.25. The first-order valence-electron chi connectivity index (χ1n) is 15.9. The lowest BCUT2D eigenvalue weighted by molar-refractivity contribution is -0.230. The molecule has 0 spiro atoms. The predicted octanol–water partition coefficient (Wildman–Crippen LogP) is 7.09. The summed E-state index contributed by atoms with van der Waals surface area (Å²) < 4.78 is 45.2. The molecule has 11 heteroatoms. The number of carbonyl (C=O) groups is 3. The molecule has 0 heterocycles. The lowest BCUT2D eigenvalue weighted by Gasteiger charge is -2.63. The van der Waals surface area contributed by atoms with Crippen molar-refractivity contribution < 1.29 is 37.7 Å². The maximum absolute atomic E-state index is 17.7. The van der Waals surface area contributed by atoms with Crippen LogP contribution >= 0.6 is 23.5 Å². The van der Waals surface area contributed by atoms with E-state index >= 15 is 8.78 Å². The van der Waals surface area contributed by atoms with Gasteiger partial charge in [0.2, 0.25) is 5.60 Å². The predicted molar refractivity (Wildman–Crippen MR) is 177 cm³/mol. The molecule has 9 atom stereocenters. The van der Waals surface area contributed by atoms with Crippen molar-refractivity contribution in [1.29, 1.82) is 5.26 Å². The lowest BCUT2D eigenvalue weighted by atomic mass is 9.44. The zero-order valence-electron chi connectivity index (χ0n) is 27.1. The van der Waals surface area contributed by atoms with Crippen LogP contribution in [0.2, 0.25) is 0 Å². The van der Waals surface area contributed by atoms with Gasteiger partial charge in [0.15, 0.2) is 18.1 Å². The Bertz CT molecular complexity index is 1740. The third-order valence-corrected chi connectivity index (χ3v) is 13.1. The Hall–Kier alpha value is -3.46. The molecule has 0 aromatic heterocycles. The number of allylic oxidation sites excluding steroid dienone is 4. The number of halogens is 2. The van der Waals surface area contributed by atoms with Crippen molar-refractivity contribution in [3.63, 3.8) is 0 Å². The van der Waals surface area contributed by atoms with E-state index in [1.54, 1.807) is 55.9 Å². The van der Waals surface area contributed by atoms with Crippen LogP contribution < -0.4 is 0 Å². The number of fused-ring (bicyclic) bond motifs is 5. The zero-order chi connectivity index (χ0) is 34.6. The monoisotopic (exact) mass is 693 g/mol. The number of ketones is 1. The largest absolute Gasteiger partial charge is 0.447 e. The Morgan fingerprint density at radius 1 is 1.04 bits per heavy atom. The summed E-state index contributed by atoms with van der Waals surface area (Å²) in [5.41, 5.74) is -7.22. The summed E-state index contributed by atoms with van der Waals surface area (Å²) in [7, 11) is 0. The highest BCUT2D eigenvalue weighted by Crippen LogP contribution is 2.71. The number of hydrogen-bond acceptors (Lipinski definition) is 9. The molecule has 0 saturated heterocycles. The van der Waals surface area contributed by atoms with Crippen LogP contribution in [-0.4, -0.2) is 59.2 Å². The molecular formula is C37H37F2NO6S2. The molecule has 1 N–H and O–H groups in total. The normalized spacial score (nSPS) is 36.6. The van der Waals surface area contributed by atoms with Crippen molar-refractivity contribution in [3.05, 3.63) is 77.9 Å². The fraction of sp³-hybridized carbons (Fsp3) is 0.459. The number of aliphatic hydroxyl groups excluding tert-OH is 1. The van der Waals surface area contributed by atoms with Gasteiger partial charge in [0.05, 0.1) is 11.7 Å². The number of ether oxygens (including phenoxy) is 2. The van der Waals surface area contributed by atoms with Gasteiger partial charge in [-0.05, 0) is 105 Å². The molecule has 2 unspecified atom stereocenters. The number of aliphatic hydroxyl groups is 1. The number of alkyl halides is 2. The molecular weight excluding hydrogens is 657 g/mol. The van der Waals surface area contributed by atoms with Gasteiger partial charge in [-0.25, -0.2) is 18.4 Å². The molecule has 0 bridgehead atoms. The molecule has 0 radical (unpaired) electrons. The fourth-order valence-corrected chi connectivity index (χ4v) is 10.3. The average molecular weight is 694 g/mol. The number of benzene rings is 2. The number of hydrogen-bond donors (Lipinski definition) is 1. The quantitative estimate of drug-likeness (QED) is 0.240. The maximum atomic E-state index is 17.7. The number of nitriles is 1. The molecule has 3 fully saturated rings. The zero-order valence-corrected chi connectivity index (χ0v) is 28.7. The summed E-state index contributed by atoms with van der Waals surface area (Å²) in [6.07, 6.45) is 1.85. The Balaban J connectivity index is 1.34. The van der Waals surface area contributed by atoms with E-state index < -0.39 is 76.5 Å². The second-order valence-electron chi connectivity index (χ2n) is 13.7. The van der Waals surface area contributed by atoms with E-state index in [0.717, 1.165) is 20.8 Å². The van der Waals surface area contributed by atoms with Gasteiger partial charge < -0.3 is 14.6 Å². The molecule has 48 heavy (non-hydrogen) atoms. The Labute approximate surface area is 287 Å². The molecule has 6 rings (SSSR count). The Morgan fingerprint density at radius 3 is 2.29 bits per heavy atom. The van der Waals surface area contributed by atoms with Gasteiger partial charge in [0.1, 0.15) is 12.2 Å². The Kier molecular flexibility index (Phi) is 8.93. The van der Waals surface area contributed by atoms with E-state index in [0.29, 0.717) is 0 Å². The molecule has 0 amide bonds. The first kappa shape index (κ1) is 34.4. The van der Waals surface area contributed by atoms with Crippen molar-refractivity contribution in [2.75, 3.05) is 12.9 Å². The second kappa shape index (κ2) is 12.5. The van der Waals surface area contributed by atoms with E-state index in [2.05, 4.69) is 0 Å². The van der Waals surface area contributed by atoms with Gasteiger partial charge in [-0.15, -0.1) is 11.8 Å². The number of rotatable bonds is 7. The number of nitrogens with zero attached hydrogens (tertiary/aromatic N) is 1. The van der Waals surface area contributed by atoms with Gasteiger partial charge in [0.25, 0.3) is 0 Å². The van der Waals surface area contributed by atoms with Crippen LogP contribution in [0.4, 0.5) is 8.78 Å². The molecule has 3 saturated carbocycles. The van der Waals surface area contributed by atoms with Crippen LogP contribution in [0.15, 0.2) is 87.0 Å². The van der Waals surface area contributed by atoms with E-state index in [-0.39, 0.29) is 30.4 Å². The van der Waals surface area contributed by atoms with Crippen LogP contribution in [0.3, 0.4) is 0 Å². The second-order valence-corrected chi connectivity index (χ2v) is 15.7. The fourth-order valence-electron chi connectivity index (χ4n) is 9.07. The minimum absolute atomic E-state index is 0.00726. The van der Waals surface area contributed by atoms with E-state index in [4.69, 9.17) is 9.47 Å². The van der Waals surface area contributed by atoms with Crippen molar-refractivity contribution in [1.82, 2.24) is 0 Å². The summed E-state index contributed by atoms with van der Waals surface area (Å²) >= 11 is 3.17. The number of esters is 2. The van der Waals surface area contributed by atoms with Crippen molar-refractivity contribution >= 4 is 41.2 Å². The van der Waals surface area contributed by atoms with Crippen molar-refractivity contribution in [2.24, 2.45) is 28.6 Å². The van der Waals surface area contributed by atoms with Crippen LogP contribution in [0.5, 0.6) is 0 Å². The van der Waals surface area contributed by atoms with Crippen molar-refractivity contribution in [3.8, 4) is 6.07 Å². The van der Waals surface area contributed by atoms with E-state index in [1.165, 1.54) is 30.8 Å². The highest BCUT2D eigenvalue weighted by Gasteiger charge is 2.78. The van der Waals surface area contributed by atoms with Gasteiger partial charge >= 0.3 is 11.9 Å². The minimum Gasteiger partial charge on any atom is -0.447 e. The highest BCUT2D eigenvalue weighted by molar-refractivity contribution is 7.99. The average Bonchev–Trinajstić information content (AvgIpc) is 3.28. The molecule has 0 aliphatic heterocycles. The van der Waals surface area contributed by atoms with Gasteiger partial charge in [-0.2, -0.15) is 5.26 Å². The molecule has 2 aromatic rings. The first-order chi connectivity index (χ1) is 22.7. The van der Waals surface area contributed by atoms with Gasteiger partial charge in [0, 0.05) is 37.4 Å². The maximum Gasteiger partial charge on any atom is 0.352 e. The minimum atomic E-state index is -2.37. The van der Waals surface area contributed by atoms with Crippen molar-refractivity contribution in [2.45, 2.75) is 78.3 Å². The third-order valence-electron chi connectivity index (χ3n) is 11.4. The molecule has 4 aliphatic carbocycles. The van der Waals surface area contributed by atoms with Gasteiger partial charge in [-0.1, -0.05) is 31.7 Å². The third kappa shape index (κ3) is 5.05. The lowest BCUT2D eigenvalue weighted by Crippen LogP contribution is -2.71. The molecule has 7 nitrogen and oxygen atoms in total. The van der Waals surface area contributed by atoms with Gasteiger partial charge in [-0.3, -0.25) is 4.79 Å². The van der Waals surface area contributed by atoms with Crippen LogP contribution in [0.25, 0.3) is 0 Å². The summed E-state index contributed by atoms with van der Waals surface area (Å²) in [5.74, 6) is -4.77. The number of thioether (sulfide) groups is 1. The summed E-state index contributed by atoms with van der Waals surface area (Å²) in [6, 6.07) is 16.6. The standard InChI is InChI=1S/C37H37F2NO6S2/c1-21-17-27-28-19-30(38)29-18-23(41)13-14-34(29,2)36(28,39)31(42)20-35(27,3)37(21,33(44)45-16-15-40)46-32(43)22-5-7-25(8-6-22)48-26-11-9-24(47-4)10-12-26/h5-14,18,21,27-28,30-31,42H,16-17,19-20H2,1-4H3/t21-,27+,28+,30+,31+,34+,35+,36?,37?/m1/s1. The van der Waals surface area contributed by atoms with Crippen LogP contribution in [0.1, 0.15) is 50.4 Å². The Morgan fingerprint density at radius 2 is 1.67 bits per heavy atom. The van der Waals surface area contributed by atoms with E-state index in [1.807, 2.05) is 30.5 Å². The summed E-state index contributed by atoms with van der Waals surface area (Å²) in [4.78, 5) is 43.1. The topological polar surface area (TPSA) is 114 Å². The molecule has 2 aromatic carbocycles. The smallest absolute Gasteiger partial charge is 0.352 e. The first-order valence-corrected chi connectivity index (χ1v) is 17.9.